The van der Waals surface area contributed by atoms with Crippen LogP contribution < -0.4 is 5.73 Å². The van der Waals surface area contributed by atoms with Gasteiger partial charge in [-0.1, -0.05) is 0 Å². The van der Waals surface area contributed by atoms with Crippen LogP contribution in [0.25, 0.3) is 0 Å². The summed E-state index contributed by atoms with van der Waals surface area (Å²) in [6.45, 7) is 4.73. The number of carbonyl (C=O) groups is 1. The van der Waals surface area contributed by atoms with Gasteiger partial charge in [0.1, 0.15) is 5.82 Å². The van der Waals surface area contributed by atoms with E-state index in [1.807, 2.05) is 13.8 Å². The van der Waals surface area contributed by atoms with Crippen LogP contribution in [0.2, 0.25) is 0 Å². The molecule has 0 aliphatic rings. The van der Waals surface area contributed by atoms with Gasteiger partial charge in [0.05, 0.1) is 12.3 Å². The molecule has 0 spiro atoms. The van der Waals surface area contributed by atoms with Crippen LogP contribution in [-0.4, -0.2) is 37.1 Å². The van der Waals surface area contributed by atoms with E-state index in [2.05, 4.69) is 0 Å². The van der Waals surface area contributed by atoms with Gasteiger partial charge in [-0.15, -0.1) is 0 Å². The molecule has 0 radical (unpaired) electrons. The van der Waals surface area contributed by atoms with Crippen molar-refractivity contribution < 1.29 is 13.9 Å². The third-order valence-corrected chi connectivity index (χ3v) is 2.67. The quantitative estimate of drug-likeness (QED) is 0.816. The molecule has 0 heterocycles. The van der Waals surface area contributed by atoms with E-state index in [0.717, 1.165) is 0 Å². The van der Waals surface area contributed by atoms with Crippen molar-refractivity contribution >= 4 is 11.6 Å². The van der Waals surface area contributed by atoms with Crippen LogP contribution in [0.4, 0.5) is 10.1 Å². The minimum absolute atomic E-state index is 0.0215. The Morgan fingerprint density at radius 1 is 1.50 bits per heavy atom. The maximum atomic E-state index is 13.3. The number of nitrogens with zero attached hydrogens (tertiary/aromatic N) is 1. The van der Waals surface area contributed by atoms with Gasteiger partial charge in [0.15, 0.2) is 0 Å². The zero-order chi connectivity index (χ0) is 13.7. The number of methoxy groups -OCH3 is 1. The van der Waals surface area contributed by atoms with Crippen molar-refractivity contribution in [3.05, 3.63) is 29.6 Å². The molecule has 0 aliphatic carbocycles. The second-order valence-corrected chi connectivity index (χ2v) is 4.32. The van der Waals surface area contributed by atoms with Gasteiger partial charge in [-0.05, 0) is 32.0 Å². The Kier molecular flexibility index (Phi) is 5.09. The van der Waals surface area contributed by atoms with E-state index < -0.39 is 5.82 Å². The molecule has 0 saturated heterocycles. The van der Waals surface area contributed by atoms with Crippen LogP contribution >= 0.6 is 0 Å². The molecule has 2 N–H and O–H groups in total. The number of rotatable bonds is 5. The summed E-state index contributed by atoms with van der Waals surface area (Å²) in [4.78, 5) is 13.9. The largest absolute Gasteiger partial charge is 0.396 e. The lowest BCUT2D eigenvalue weighted by atomic mass is 10.1. The molecule has 0 unspecified atom stereocenters. The first kappa shape index (κ1) is 14.4. The van der Waals surface area contributed by atoms with Gasteiger partial charge in [0.25, 0.3) is 5.91 Å². The standard InChI is InChI=1S/C13H19FN2O2/c1-9(2)16(6-7-18-3)13(17)10-4-5-12(15)11(14)8-10/h4-5,8-9H,6-7,15H2,1-3H3. The van der Waals surface area contributed by atoms with E-state index >= 15 is 0 Å². The van der Waals surface area contributed by atoms with Gasteiger partial charge in [-0.25, -0.2) is 4.39 Å². The smallest absolute Gasteiger partial charge is 0.254 e. The number of halogens is 1. The van der Waals surface area contributed by atoms with E-state index in [1.54, 1.807) is 12.0 Å². The molecule has 0 aliphatic heterocycles. The fraction of sp³-hybridized carbons (Fsp3) is 0.462. The number of benzene rings is 1. The molecule has 4 nitrogen and oxygen atoms in total. The predicted octanol–water partition coefficient (Wildman–Crippen LogP) is 1.90. The molecule has 5 heteroatoms. The SMILES string of the molecule is COCCN(C(=O)c1ccc(N)c(F)c1)C(C)C. The molecule has 0 saturated carbocycles. The first-order valence-electron chi connectivity index (χ1n) is 5.82. The first-order valence-corrected chi connectivity index (χ1v) is 5.82. The average molecular weight is 254 g/mol. The molecular formula is C13H19FN2O2. The molecule has 0 bridgehead atoms. The number of nitrogens with two attached hydrogens (primary N) is 1. The van der Waals surface area contributed by atoms with Crippen LogP contribution in [0.5, 0.6) is 0 Å². The van der Waals surface area contributed by atoms with Gasteiger partial charge >= 0.3 is 0 Å². The van der Waals surface area contributed by atoms with Crippen LogP contribution in [0.15, 0.2) is 18.2 Å². The molecule has 1 amide bonds. The second-order valence-electron chi connectivity index (χ2n) is 4.32. The number of amides is 1. The first-order chi connectivity index (χ1) is 8.47. The summed E-state index contributed by atoms with van der Waals surface area (Å²) >= 11 is 0. The highest BCUT2D eigenvalue weighted by Crippen LogP contribution is 2.15. The van der Waals surface area contributed by atoms with E-state index in [1.165, 1.54) is 18.2 Å². The lowest BCUT2D eigenvalue weighted by Gasteiger charge is -2.26. The van der Waals surface area contributed by atoms with Crippen molar-refractivity contribution in [3.63, 3.8) is 0 Å². The van der Waals surface area contributed by atoms with Crippen molar-refractivity contribution in [3.8, 4) is 0 Å². The molecule has 0 aromatic heterocycles. The Morgan fingerprint density at radius 3 is 2.67 bits per heavy atom. The minimum atomic E-state index is -0.573. The van der Waals surface area contributed by atoms with Crippen molar-refractivity contribution in [1.29, 1.82) is 0 Å². The van der Waals surface area contributed by atoms with Gasteiger partial charge in [-0.2, -0.15) is 0 Å². The lowest BCUT2D eigenvalue weighted by Crippen LogP contribution is -2.39. The molecule has 0 fully saturated rings. The molecule has 1 aromatic rings. The van der Waals surface area contributed by atoms with Gasteiger partial charge in [0, 0.05) is 25.3 Å². The Bertz CT molecular complexity index is 421. The highest BCUT2D eigenvalue weighted by Gasteiger charge is 2.19. The lowest BCUT2D eigenvalue weighted by molar-refractivity contribution is 0.0634. The summed E-state index contributed by atoms with van der Waals surface area (Å²) in [7, 11) is 1.58. The van der Waals surface area contributed by atoms with Crippen molar-refractivity contribution in [2.75, 3.05) is 26.0 Å². The van der Waals surface area contributed by atoms with E-state index in [4.69, 9.17) is 10.5 Å². The van der Waals surface area contributed by atoms with Crippen molar-refractivity contribution in [2.24, 2.45) is 0 Å². The number of nitrogen functional groups attached to an aromatic ring is 1. The highest BCUT2D eigenvalue weighted by atomic mass is 19.1. The molecule has 1 aromatic carbocycles. The van der Waals surface area contributed by atoms with E-state index in [-0.39, 0.29) is 17.6 Å². The Balaban J connectivity index is 2.91. The summed E-state index contributed by atoms with van der Waals surface area (Å²) in [5.74, 6) is -0.794. The summed E-state index contributed by atoms with van der Waals surface area (Å²) < 4.78 is 18.3. The zero-order valence-electron chi connectivity index (χ0n) is 10.9. The minimum Gasteiger partial charge on any atom is -0.396 e. The number of carbonyl (C=O) groups excluding carboxylic acids is 1. The Hall–Kier alpha value is -1.62. The Morgan fingerprint density at radius 2 is 2.17 bits per heavy atom. The highest BCUT2D eigenvalue weighted by molar-refractivity contribution is 5.94. The van der Waals surface area contributed by atoms with Crippen molar-refractivity contribution in [2.45, 2.75) is 19.9 Å². The van der Waals surface area contributed by atoms with Crippen LogP contribution in [0.3, 0.4) is 0 Å². The van der Waals surface area contributed by atoms with Crippen LogP contribution in [-0.2, 0) is 4.74 Å². The van der Waals surface area contributed by atoms with Crippen LogP contribution in [0, 0.1) is 5.82 Å². The van der Waals surface area contributed by atoms with Gasteiger partial charge in [-0.3, -0.25) is 4.79 Å². The number of hydrogen-bond donors (Lipinski definition) is 1. The van der Waals surface area contributed by atoms with Gasteiger partial charge in [0.2, 0.25) is 0 Å². The summed E-state index contributed by atoms with van der Waals surface area (Å²) in [5.41, 5.74) is 5.72. The summed E-state index contributed by atoms with van der Waals surface area (Å²) in [5, 5.41) is 0. The molecular weight excluding hydrogens is 235 g/mol. The second kappa shape index (κ2) is 6.35. The third kappa shape index (κ3) is 3.43. The molecule has 1 rings (SSSR count). The molecule has 100 valence electrons. The summed E-state index contributed by atoms with van der Waals surface area (Å²) in [6, 6.07) is 4.12. The molecule has 0 atom stereocenters. The zero-order valence-corrected chi connectivity index (χ0v) is 10.9. The number of anilines is 1. The maximum absolute atomic E-state index is 13.3. The van der Waals surface area contributed by atoms with Crippen LogP contribution in [0.1, 0.15) is 24.2 Å². The normalized spacial score (nSPS) is 10.7. The fourth-order valence-electron chi connectivity index (χ4n) is 1.61. The topological polar surface area (TPSA) is 55.6 Å². The molecule has 18 heavy (non-hydrogen) atoms. The fourth-order valence-corrected chi connectivity index (χ4v) is 1.61. The number of ether oxygens (including phenoxy) is 1. The van der Waals surface area contributed by atoms with E-state index in [9.17, 15) is 9.18 Å². The maximum Gasteiger partial charge on any atom is 0.254 e. The summed E-state index contributed by atoms with van der Waals surface area (Å²) in [6.07, 6.45) is 0. The predicted molar refractivity (Wildman–Crippen MR) is 68.9 cm³/mol. The monoisotopic (exact) mass is 254 g/mol. The average Bonchev–Trinajstić information content (AvgIpc) is 2.32. The van der Waals surface area contributed by atoms with Crippen molar-refractivity contribution in [1.82, 2.24) is 4.90 Å². The van der Waals surface area contributed by atoms with E-state index in [0.29, 0.717) is 18.7 Å². The Labute approximate surface area is 107 Å². The number of hydrogen-bond acceptors (Lipinski definition) is 3. The van der Waals surface area contributed by atoms with Gasteiger partial charge < -0.3 is 15.4 Å². The third-order valence-electron chi connectivity index (χ3n) is 2.67.